The Bertz CT molecular complexity index is 994. The van der Waals surface area contributed by atoms with Crippen molar-refractivity contribution in [1.29, 1.82) is 0 Å². The summed E-state index contributed by atoms with van der Waals surface area (Å²) >= 11 is 0. The lowest BCUT2D eigenvalue weighted by atomic mass is 10.1. The summed E-state index contributed by atoms with van der Waals surface area (Å²) in [4.78, 5) is 22.9. The van der Waals surface area contributed by atoms with Gasteiger partial charge in [0.2, 0.25) is 0 Å². The molecular formula is C17H13N3O. The van der Waals surface area contributed by atoms with Crippen molar-refractivity contribution in [3.8, 4) is 11.4 Å². The number of hydrogen-bond donors (Lipinski definition) is 2. The van der Waals surface area contributed by atoms with Gasteiger partial charge in [0.15, 0.2) is 0 Å². The van der Waals surface area contributed by atoms with Gasteiger partial charge in [0.1, 0.15) is 5.82 Å². The van der Waals surface area contributed by atoms with E-state index in [4.69, 9.17) is 0 Å². The molecule has 0 saturated heterocycles. The molecule has 0 saturated carbocycles. The number of aromatic nitrogens is 3. The standard InChI is InChI=1S/C17H13N3O/c1-10-5-4-8-13-11(10)9-12(17(21)20-13)16-18-14-6-2-3-7-15(14)19-16/h2-9H,1H3,(H,18,19)(H,20,21). The first-order valence-corrected chi connectivity index (χ1v) is 6.80. The number of hydrogen-bond acceptors (Lipinski definition) is 2. The first kappa shape index (κ1) is 11.9. The lowest BCUT2D eigenvalue weighted by Crippen LogP contribution is -2.09. The number of aromatic amines is 2. The summed E-state index contributed by atoms with van der Waals surface area (Å²) in [6, 6.07) is 15.5. The predicted molar refractivity (Wildman–Crippen MR) is 84.4 cm³/mol. The van der Waals surface area contributed by atoms with Crippen molar-refractivity contribution in [3.05, 3.63) is 64.4 Å². The Morgan fingerprint density at radius 3 is 2.62 bits per heavy atom. The smallest absolute Gasteiger partial charge is 0.259 e. The largest absolute Gasteiger partial charge is 0.338 e. The van der Waals surface area contributed by atoms with E-state index >= 15 is 0 Å². The predicted octanol–water partition coefficient (Wildman–Crippen LogP) is 3.38. The van der Waals surface area contributed by atoms with Gasteiger partial charge in [-0.1, -0.05) is 24.3 Å². The third-order valence-corrected chi connectivity index (χ3v) is 3.75. The Hall–Kier alpha value is -2.88. The minimum atomic E-state index is -0.132. The van der Waals surface area contributed by atoms with Gasteiger partial charge in [-0.25, -0.2) is 4.98 Å². The van der Waals surface area contributed by atoms with E-state index in [9.17, 15) is 4.79 Å². The molecule has 0 fully saturated rings. The second-order valence-corrected chi connectivity index (χ2v) is 5.15. The maximum atomic E-state index is 12.3. The third kappa shape index (κ3) is 1.84. The van der Waals surface area contributed by atoms with E-state index in [1.54, 1.807) is 0 Å². The molecule has 4 aromatic rings. The van der Waals surface area contributed by atoms with E-state index in [-0.39, 0.29) is 5.56 Å². The minimum Gasteiger partial charge on any atom is -0.338 e. The van der Waals surface area contributed by atoms with Gasteiger partial charge in [-0.3, -0.25) is 4.79 Å². The summed E-state index contributed by atoms with van der Waals surface area (Å²) in [5, 5.41) is 1.03. The van der Waals surface area contributed by atoms with Gasteiger partial charge >= 0.3 is 0 Å². The number of rotatable bonds is 1. The Labute approximate surface area is 120 Å². The molecule has 2 aromatic carbocycles. The van der Waals surface area contributed by atoms with E-state index in [0.717, 1.165) is 27.5 Å². The topological polar surface area (TPSA) is 61.5 Å². The zero-order valence-corrected chi connectivity index (χ0v) is 11.5. The molecule has 0 aliphatic carbocycles. The number of para-hydroxylation sites is 2. The summed E-state index contributed by atoms with van der Waals surface area (Å²) in [6.45, 7) is 2.03. The Morgan fingerprint density at radius 1 is 0.952 bits per heavy atom. The highest BCUT2D eigenvalue weighted by Gasteiger charge is 2.10. The average molecular weight is 275 g/mol. The van der Waals surface area contributed by atoms with Crippen molar-refractivity contribution in [2.24, 2.45) is 0 Å². The average Bonchev–Trinajstić information content (AvgIpc) is 2.90. The fourth-order valence-corrected chi connectivity index (χ4v) is 2.64. The van der Waals surface area contributed by atoms with Gasteiger partial charge in [-0.15, -0.1) is 0 Å². The van der Waals surface area contributed by atoms with Crippen LogP contribution >= 0.6 is 0 Å². The van der Waals surface area contributed by atoms with Crippen LogP contribution in [0.4, 0.5) is 0 Å². The van der Waals surface area contributed by atoms with Crippen molar-refractivity contribution in [2.75, 3.05) is 0 Å². The number of nitrogens with one attached hydrogen (secondary N) is 2. The molecule has 0 amide bonds. The highest BCUT2D eigenvalue weighted by atomic mass is 16.1. The number of fused-ring (bicyclic) bond motifs is 2. The van der Waals surface area contributed by atoms with Crippen molar-refractivity contribution < 1.29 is 0 Å². The highest BCUT2D eigenvalue weighted by molar-refractivity contribution is 5.86. The molecule has 0 spiro atoms. The Morgan fingerprint density at radius 2 is 1.76 bits per heavy atom. The van der Waals surface area contributed by atoms with E-state index in [0.29, 0.717) is 11.4 Å². The maximum absolute atomic E-state index is 12.3. The summed E-state index contributed by atoms with van der Waals surface area (Å²) < 4.78 is 0. The Kier molecular flexibility index (Phi) is 2.44. The molecule has 2 heterocycles. The van der Waals surface area contributed by atoms with Gasteiger partial charge in [0.05, 0.1) is 16.6 Å². The Balaban J connectivity index is 2.03. The monoisotopic (exact) mass is 275 g/mol. The molecule has 4 rings (SSSR count). The van der Waals surface area contributed by atoms with E-state index < -0.39 is 0 Å². The fraction of sp³-hybridized carbons (Fsp3) is 0.0588. The molecule has 0 atom stereocenters. The minimum absolute atomic E-state index is 0.132. The molecule has 4 heteroatoms. The van der Waals surface area contributed by atoms with Crippen LogP contribution in [0.1, 0.15) is 5.56 Å². The highest BCUT2D eigenvalue weighted by Crippen LogP contribution is 2.22. The van der Waals surface area contributed by atoms with Crippen LogP contribution in [-0.2, 0) is 0 Å². The van der Waals surface area contributed by atoms with Gasteiger partial charge in [0, 0.05) is 10.9 Å². The molecule has 0 radical (unpaired) electrons. The fourth-order valence-electron chi connectivity index (χ4n) is 2.64. The van der Waals surface area contributed by atoms with Gasteiger partial charge in [-0.05, 0) is 36.8 Å². The van der Waals surface area contributed by atoms with Crippen molar-refractivity contribution in [1.82, 2.24) is 15.0 Å². The first-order chi connectivity index (χ1) is 10.2. The quantitative estimate of drug-likeness (QED) is 0.559. The van der Waals surface area contributed by atoms with Crippen molar-refractivity contribution in [2.45, 2.75) is 6.92 Å². The van der Waals surface area contributed by atoms with Crippen LogP contribution in [0.3, 0.4) is 0 Å². The first-order valence-electron chi connectivity index (χ1n) is 6.80. The van der Waals surface area contributed by atoms with Crippen LogP contribution in [0.25, 0.3) is 33.3 Å². The summed E-state index contributed by atoms with van der Waals surface area (Å²) in [5.41, 5.74) is 4.19. The van der Waals surface area contributed by atoms with E-state index in [1.165, 1.54) is 0 Å². The molecule has 2 aromatic heterocycles. The zero-order chi connectivity index (χ0) is 14.4. The number of H-pyrrole nitrogens is 2. The van der Waals surface area contributed by atoms with E-state index in [1.807, 2.05) is 55.5 Å². The molecule has 0 aliphatic heterocycles. The summed E-state index contributed by atoms with van der Waals surface area (Å²) in [6.07, 6.45) is 0. The number of aryl methyl sites for hydroxylation is 1. The number of nitrogens with zero attached hydrogens (tertiary/aromatic N) is 1. The number of pyridine rings is 1. The zero-order valence-electron chi connectivity index (χ0n) is 11.5. The maximum Gasteiger partial charge on any atom is 0.259 e. The van der Waals surface area contributed by atoms with Crippen LogP contribution in [0.2, 0.25) is 0 Å². The lowest BCUT2D eigenvalue weighted by Gasteiger charge is -2.03. The van der Waals surface area contributed by atoms with Crippen molar-refractivity contribution >= 4 is 21.9 Å². The van der Waals surface area contributed by atoms with Crippen LogP contribution in [0.15, 0.2) is 53.3 Å². The second kappa shape index (κ2) is 4.31. The molecule has 21 heavy (non-hydrogen) atoms. The second-order valence-electron chi connectivity index (χ2n) is 5.15. The summed E-state index contributed by atoms with van der Waals surface area (Å²) in [5.74, 6) is 0.600. The molecule has 0 unspecified atom stereocenters. The summed E-state index contributed by atoms with van der Waals surface area (Å²) in [7, 11) is 0. The SMILES string of the molecule is Cc1cccc2[nH]c(=O)c(-c3nc4ccccc4[nH]3)cc12. The van der Waals surface area contributed by atoms with Gasteiger partial charge < -0.3 is 9.97 Å². The molecule has 0 aliphatic rings. The van der Waals surface area contributed by atoms with Crippen LogP contribution in [0.5, 0.6) is 0 Å². The van der Waals surface area contributed by atoms with Gasteiger partial charge in [-0.2, -0.15) is 0 Å². The van der Waals surface area contributed by atoms with Crippen molar-refractivity contribution in [3.63, 3.8) is 0 Å². The van der Waals surface area contributed by atoms with Crippen LogP contribution in [-0.4, -0.2) is 15.0 Å². The van der Waals surface area contributed by atoms with Crippen LogP contribution < -0.4 is 5.56 Å². The molecule has 2 N–H and O–H groups in total. The molecule has 0 bridgehead atoms. The van der Waals surface area contributed by atoms with E-state index in [2.05, 4.69) is 15.0 Å². The number of imidazole rings is 1. The molecule has 4 nitrogen and oxygen atoms in total. The number of benzene rings is 2. The lowest BCUT2D eigenvalue weighted by molar-refractivity contribution is 1.25. The normalized spacial score (nSPS) is 11.3. The van der Waals surface area contributed by atoms with Gasteiger partial charge in [0.25, 0.3) is 5.56 Å². The molecule has 102 valence electrons. The van der Waals surface area contributed by atoms with Crippen LogP contribution in [0, 0.1) is 6.92 Å². The molecular weight excluding hydrogens is 262 g/mol. The third-order valence-electron chi connectivity index (χ3n) is 3.75.